The van der Waals surface area contributed by atoms with Crippen LogP contribution in [0.4, 0.5) is 0 Å². The van der Waals surface area contributed by atoms with E-state index < -0.39 is 0 Å². The van der Waals surface area contributed by atoms with Gasteiger partial charge < -0.3 is 5.11 Å². The molecule has 0 fully saturated rings. The normalized spacial score (nSPS) is 10.7. The van der Waals surface area contributed by atoms with Crippen LogP contribution in [0.1, 0.15) is 37.5 Å². The van der Waals surface area contributed by atoms with Crippen molar-refractivity contribution in [2.24, 2.45) is 0 Å². The lowest BCUT2D eigenvalue weighted by molar-refractivity contribution is 0.475. The highest BCUT2D eigenvalue weighted by Crippen LogP contribution is 2.31. The average molecular weight is 254 g/mol. The molecule has 0 heterocycles. The van der Waals surface area contributed by atoms with Crippen molar-refractivity contribution in [1.82, 2.24) is 0 Å². The lowest BCUT2D eigenvalue weighted by atomic mass is 9.90. The first-order chi connectivity index (χ1) is 9.19. The molecule has 0 bridgehead atoms. The number of phenols is 1. The molecule has 0 aliphatic carbocycles. The molecule has 0 aliphatic rings. The van der Waals surface area contributed by atoms with Gasteiger partial charge in [0.1, 0.15) is 5.75 Å². The predicted octanol–water partition coefficient (Wildman–Crippen LogP) is 4.75. The van der Waals surface area contributed by atoms with Gasteiger partial charge in [-0.2, -0.15) is 0 Å². The second kappa shape index (κ2) is 5.92. The summed E-state index contributed by atoms with van der Waals surface area (Å²) >= 11 is 0. The van der Waals surface area contributed by atoms with Crippen LogP contribution in [0.5, 0.6) is 5.75 Å². The molecule has 1 nitrogen and oxygen atoms in total. The van der Waals surface area contributed by atoms with Gasteiger partial charge in [0.2, 0.25) is 0 Å². The molecule has 0 radical (unpaired) electrons. The molecule has 0 spiro atoms. The third-order valence-corrected chi connectivity index (χ3v) is 3.70. The Bertz CT molecular complexity index is 570. The van der Waals surface area contributed by atoms with E-state index in [0.717, 1.165) is 24.8 Å². The van der Waals surface area contributed by atoms with Crippen LogP contribution in [0.3, 0.4) is 0 Å². The van der Waals surface area contributed by atoms with Gasteiger partial charge in [0.05, 0.1) is 0 Å². The summed E-state index contributed by atoms with van der Waals surface area (Å²) in [5.74, 6) is 0.333. The third kappa shape index (κ3) is 2.81. The first kappa shape index (κ1) is 13.7. The van der Waals surface area contributed by atoms with Crippen LogP contribution in [0, 0.1) is 0 Å². The average Bonchev–Trinajstić information content (AvgIpc) is 2.45. The van der Waals surface area contributed by atoms with E-state index in [4.69, 9.17) is 0 Å². The quantitative estimate of drug-likeness (QED) is 0.835. The Balaban J connectivity index is 2.66. The molecular weight excluding hydrogens is 232 g/mol. The van der Waals surface area contributed by atoms with Crippen LogP contribution >= 0.6 is 0 Å². The summed E-state index contributed by atoms with van der Waals surface area (Å²) in [6.45, 7) is 6.60. The van der Waals surface area contributed by atoms with Gasteiger partial charge in [0, 0.05) is 0 Å². The Morgan fingerprint density at radius 1 is 0.895 bits per heavy atom. The van der Waals surface area contributed by atoms with Crippen LogP contribution in [-0.2, 0) is 19.3 Å². The minimum absolute atomic E-state index is 0.333. The number of benzene rings is 2. The molecule has 0 unspecified atom stereocenters. The van der Waals surface area contributed by atoms with Gasteiger partial charge in [0.15, 0.2) is 0 Å². The summed E-state index contributed by atoms with van der Waals surface area (Å²) in [6, 6.07) is 12.2. The molecule has 0 atom stereocenters. The minimum Gasteiger partial charge on any atom is -0.508 e. The zero-order valence-corrected chi connectivity index (χ0v) is 12.0. The second-order valence-electron chi connectivity index (χ2n) is 4.89. The van der Waals surface area contributed by atoms with Gasteiger partial charge in [-0.05, 0) is 59.2 Å². The largest absolute Gasteiger partial charge is 0.508 e. The van der Waals surface area contributed by atoms with Gasteiger partial charge in [0.25, 0.3) is 0 Å². The lowest BCUT2D eigenvalue weighted by Gasteiger charge is -2.15. The Labute approximate surface area is 115 Å². The fraction of sp³-hybridized carbons (Fsp3) is 0.333. The van der Waals surface area contributed by atoms with Crippen LogP contribution in [0.25, 0.3) is 11.1 Å². The first-order valence-electron chi connectivity index (χ1n) is 7.13. The van der Waals surface area contributed by atoms with Crippen LogP contribution < -0.4 is 0 Å². The molecule has 0 saturated heterocycles. The van der Waals surface area contributed by atoms with E-state index in [1.54, 1.807) is 6.07 Å². The number of hydrogen-bond donors (Lipinski definition) is 1. The van der Waals surface area contributed by atoms with Crippen LogP contribution in [0.15, 0.2) is 36.4 Å². The molecule has 0 aliphatic heterocycles. The fourth-order valence-electron chi connectivity index (χ4n) is 2.67. The van der Waals surface area contributed by atoms with E-state index in [1.807, 2.05) is 12.1 Å². The van der Waals surface area contributed by atoms with E-state index in [2.05, 4.69) is 39.0 Å². The molecule has 0 aromatic heterocycles. The number of rotatable bonds is 4. The van der Waals surface area contributed by atoms with Crippen LogP contribution in [0.2, 0.25) is 0 Å². The maximum absolute atomic E-state index is 9.69. The van der Waals surface area contributed by atoms with E-state index in [1.165, 1.54) is 22.3 Å². The van der Waals surface area contributed by atoms with Gasteiger partial charge in [-0.1, -0.05) is 45.0 Å². The molecule has 100 valence electrons. The van der Waals surface area contributed by atoms with E-state index in [-0.39, 0.29) is 0 Å². The summed E-state index contributed by atoms with van der Waals surface area (Å²) in [5, 5.41) is 9.69. The molecule has 2 aromatic rings. The second-order valence-corrected chi connectivity index (χ2v) is 4.89. The molecule has 19 heavy (non-hydrogen) atoms. The number of aromatic hydroxyl groups is 1. The van der Waals surface area contributed by atoms with Gasteiger partial charge in [-0.25, -0.2) is 0 Å². The zero-order valence-electron chi connectivity index (χ0n) is 12.0. The number of aryl methyl sites for hydroxylation is 2. The highest BCUT2D eigenvalue weighted by molar-refractivity contribution is 5.71. The smallest absolute Gasteiger partial charge is 0.116 e. The first-order valence-corrected chi connectivity index (χ1v) is 7.13. The monoisotopic (exact) mass is 254 g/mol. The van der Waals surface area contributed by atoms with Gasteiger partial charge in [-0.15, -0.1) is 0 Å². The lowest BCUT2D eigenvalue weighted by Crippen LogP contribution is -1.98. The number of phenolic OH excluding ortho intramolecular Hbond substituents is 1. The molecule has 0 saturated carbocycles. The molecular formula is C18H22O. The Morgan fingerprint density at radius 2 is 1.68 bits per heavy atom. The van der Waals surface area contributed by atoms with Gasteiger partial charge in [-0.3, -0.25) is 0 Å². The summed E-state index contributed by atoms with van der Waals surface area (Å²) < 4.78 is 0. The molecule has 2 aromatic carbocycles. The van der Waals surface area contributed by atoms with Crippen molar-refractivity contribution in [2.45, 2.75) is 40.0 Å². The van der Waals surface area contributed by atoms with E-state index >= 15 is 0 Å². The maximum atomic E-state index is 9.69. The molecule has 1 N–H and O–H groups in total. The summed E-state index contributed by atoms with van der Waals surface area (Å²) in [5.41, 5.74) is 6.59. The highest BCUT2D eigenvalue weighted by atomic mass is 16.3. The van der Waals surface area contributed by atoms with Crippen LogP contribution in [-0.4, -0.2) is 5.11 Å². The minimum atomic E-state index is 0.333. The van der Waals surface area contributed by atoms with Gasteiger partial charge >= 0.3 is 0 Å². The Kier molecular flexibility index (Phi) is 4.26. The maximum Gasteiger partial charge on any atom is 0.116 e. The third-order valence-electron chi connectivity index (χ3n) is 3.70. The van der Waals surface area contributed by atoms with Crippen molar-refractivity contribution in [3.05, 3.63) is 53.1 Å². The van der Waals surface area contributed by atoms with Crippen molar-refractivity contribution in [1.29, 1.82) is 0 Å². The molecule has 0 amide bonds. The van der Waals surface area contributed by atoms with Crippen molar-refractivity contribution in [3.8, 4) is 16.9 Å². The summed E-state index contributed by atoms with van der Waals surface area (Å²) in [4.78, 5) is 0. The summed E-state index contributed by atoms with van der Waals surface area (Å²) in [6.07, 6.45) is 3.13. The predicted molar refractivity (Wildman–Crippen MR) is 81.7 cm³/mol. The standard InChI is InChI=1S/C18H22O/c1-4-13-10-14(5-2)17(6-3)18(11-13)15-8-7-9-16(19)12-15/h7-12,19H,4-6H2,1-3H3. The van der Waals surface area contributed by atoms with Crippen molar-refractivity contribution in [3.63, 3.8) is 0 Å². The summed E-state index contributed by atoms with van der Waals surface area (Å²) in [7, 11) is 0. The topological polar surface area (TPSA) is 20.2 Å². The SMILES string of the molecule is CCc1cc(CC)c(CC)c(-c2cccc(O)c2)c1. The highest BCUT2D eigenvalue weighted by Gasteiger charge is 2.10. The number of hydrogen-bond acceptors (Lipinski definition) is 1. The van der Waals surface area contributed by atoms with Crippen molar-refractivity contribution < 1.29 is 5.11 Å². The van der Waals surface area contributed by atoms with Crippen molar-refractivity contribution in [2.75, 3.05) is 0 Å². The molecule has 2 rings (SSSR count). The molecule has 1 heteroatoms. The van der Waals surface area contributed by atoms with E-state index in [9.17, 15) is 5.11 Å². The Hall–Kier alpha value is -1.76. The zero-order chi connectivity index (χ0) is 13.8. The van der Waals surface area contributed by atoms with Crippen molar-refractivity contribution >= 4 is 0 Å². The van der Waals surface area contributed by atoms with E-state index in [0.29, 0.717) is 5.75 Å². The fourth-order valence-corrected chi connectivity index (χ4v) is 2.67. The Morgan fingerprint density at radius 3 is 2.26 bits per heavy atom.